The van der Waals surface area contributed by atoms with E-state index in [1.54, 1.807) is 0 Å². The van der Waals surface area contributed by atoms with Gasteiger partial charge in [0.25, 0.3) is 0 Å². The van der Waals surface area contributed by atoms with E-state index in [1.807, 2.05) is 24.3 Å². The van der Waals surface area contributed by atoms with Crippen molar-refractivity contribution in [1.29, 1.82) is 0 Å². The van der Waals surface area contributed by atoms with Crippen LogP contribution in [-0.2, 0) is 9.47 Å². The SMILES string of the molecule is C1=CCOCOCC=C1. The normalized spacial score (nSPS) is 20.4. The molecule has 0 N–H and O–H groups in total. The fraction of sp³-hybridized carbons (Fsp3) is 0.429. The summed E-state index contributed by atoms with van der Waals surface area (Å²) < 4.78 is 10.0. The molecule has 0 aliphatic carbocycles. The average molecular weight is 126 g/mol. The highest BCUT2D eigenvalue weighted by Crippen LogP contribution is 1.86. The van der Waals surface area contributed by atoms with Gasteiger partial charge in [0.15, 0.2) is 0 Å². The highest BCUT2D eigenvalue weighted by Gasteiger charge is 1.83. The smallest absolute Gasteiger partial charge is 0.147 e. The van der Waals surface area contributed by atoms with Gasteiger partial charge in [0.05, 0.1) is 13.2 Å². The van der Waals surface area contributed by atoms with Crippen LogP contribution in [0.15, 0.2) is 24.3 Å². The summed E-state index contributed by atoms with van der Waals surface area (Å²) >= 11 is 0. The highest BCUT2D eigenvalue weighted by atomic mass is 16.7. The minimum Gasteiger partial charge on any atom is -0.351 e. The van der Waals surface area contributed by atoms with Crippen molar-refractivity contribution in [3.05, 3.63) is 24.3 Å². The minimum absolute atomic E-state index is 0.397. The van der Waals surface area contributed by atoms with Crippen LogP contribution in [0, 0.1) is 0 Å². The zero-order valence-corrected chi connectivity index (χ0v) is 5.25. The Morgan fingerprint density at radius 2 is 1.44 bits per heavy atom. The molecule has 1 rings (SSSR count). The minimum atomic E-state index is 0.397. The summed E-state index contributed by atoms with van der Waals surface area (Å²) in [4.78, 5) is 0. The van der Waals surface area contributed by atoms with Crippen molar-refractivity contribution in [2.75, 3.05) is 20.0 Å². The Labute approximate surface area is 54.8 Å². The molecule has 2 nitrogen and oxygen atoms in total. The summed E-state index contributed by atoms with van der Waals surface area (Å²) in [5.41, 5.74) is 0. The molecule has 0 amide bonds. The van der Waals surface area contributed by atoms with E-state index in [2.05, 4.69) is 0 Å². The molecule has 0 fully saturated rings. The quantitative estimate of drug-likeness (QED) is 0.484. The summed E-state index contributed by atoms with van der Waals surface area (Å²) in [5, 5.41) is 0. The Bertz CT molecular complexity index is 102. The summed E-state index contributed by atoms with van der Waals surface area (Å²) in [5.74, 6) is 0. The van der Waals surface area contributed by atoms with Gasteiger partial charge >= 0.3 is 0 Å². The number of rotatable bonds is 0. The Kier molecular flexibility index (Phi) is 3.11. The fourth-order valence-corrected chi connectivity index (χ4v) is 0.559. The van der Waals surface area contributed by atoms with Crippen molar-refractivity contribution in [2.45, 2.75) is 0 Å². The largest absolute Gasteiger partial charge is 0.351 e. The predicted molar refractivity (Wildman–Crippen MR) is 35.1 cm³/mol. The van der Waals surface area contributed by atoms with Crippen LogP contribution >= 0.6 is 0 Å². The van der Waals surface area contributed by atoms with Gasteiger partial charge in [0.2, 0.25) is 0 Å². The van der Waals surface area contributed by atoms with Crippen LogP contribution in [0.4, 0.5) is 0 Å². The summed E-state index contributed by atoms with van der Waals surface area (Å²) in [6, 6.07) is 0. The Hall–Kier alpha value is -0.600. The molecule has 0 bridgehead atoms. The van der Waals surface area contributed by atoms with E-state index in [0.29, 0.717) is 20.0 Å². The molecule has 1 heterocycles. The van der Waals surface area contributed by atoms with Crippen LogP contribution in [0.2, 0.25) is 0 Å². The molecule has 0 saturated heterocycles. The van der Waals surface area contributed by atoms with Crippen molar-refractivity contribution in [3.8, 4) is 0 Å². The maximum Gasteiger partial charge on any atom is 0.147 e. The Morgan fingerprint density at radius 3 is 2.00 bits per heavy atom. The number of hydrogen-bond donors (Lipinski definition) is 0. The van der Waals surface area contributed by atoms with Gasteiger partial charge in [-0.2, -0.15) is 0 Å². The maximum atomic E-state index is 5.01. The van der Waals surface area contributed by atoms with Crippen LogP contribution in [0.5, 0.6) is 0 Å². The van der Waals surface area contributed by atoms with Gasteiger partial charge in [-0.05, 0) is 0 Å². The first-order valence-corrected chi connectivity index (χ1v) is 2.97. The topological polar surface area (TPSA) is 18.5 Å². The van der Waals surface area contributed by atoms with Crippen LogP contribution in [0.1, 0.15) is 0 Å². The maximum absolute atomic E-state index is 5.01. The number of allylic oxidation sites excluding steroid dienone is 2. The first-order valence-electron chi connectivity index (χ1n) is 2.97. The summed E-state index contributed by atoms with van der Waals surface area (Å²) in [7, 11) is 0. The Balaban J connectivity index is 2.28. The highest BCUT2D eigenvalue weighted by molar-refractivity contribution is 5.02. The zero-order chi connectivity index (χ0) is 6.36. The molecule has 2 heteroatoms. The molecule has 1 aliphatic heterocycles. The van der Waals surface area contributed by atoms with Gasteiger partial charge in [0, 0.05) is 0 Å². The van der Waals surface area contributed by atoms with Crippen LogP contribution in [0.25, 0.3) is 0 Å². The molecular formula is C7H10O2. The van der Waals surface area contributed by atoms with E-state index in [0.717, 1.165) is 0 Å². The average Bonchev–Trinajstić information content (AvgIpc) is 2.00. The molecule has 9 heavy (non-hydrogen) atoms. The molecule has 0 unspecified atom stereocenters. The third kappa shape index (κ3) is 3.06. The van der Waals surface area contributed by atoms with Gasteiger partial charge in [0.1, 0.15) is 6.79 Å². The molecule has 0 radical (unpaired) electrons. The van der Waals surface area contributed by atoms with Crippen LogP contribution < -0.4 is 0 Å². The molecule has 0 aromatic carbocycles. The van der Waals surface area contributed by atoms with E-state index in [9.17, 15) is 0 Å². The molecule has 0 aromatic heterocycles. The molecule has 0 saturated carbocycles. The fourth-order valence-electron chi connectivity index (χ4n) is 0.559. The molecule has 50 valence electrons. The molecule has 0 atom stereocenters. The van der Waals surface area contributed by atoms with Gasteiger partial charge in [-0.25, -0.2) is 0 Å². The van der Waals surface area contributed by atoms with E-state index >= 15 is 0 Å². The third-order valence-corrected chi connectivity index (χ3v) is 0.978. The van der Waals surface area contributed by atoms with E-state index in [4.69, 9.17) is 9.47 Å². The van der Waals surface area contributed by atoms with Crippen molar-refractivity contribution in [3.63, 3.8) is 0 Å². The second kappa shape index (κ2) is 4.30. The van der Waals surface area contributed by atoms with Crippen LogP contribution in [-0.4, -0.2) is 20.0 Å². The standard InChI is InChI=1S/C7H10O2/c1-2-4-6-9-7-8-5-3-1/h1-4H,5-7H2. The lowest BCUT2D eigenvalue weighted by molar-refractivity contribution is -0.0327. The monoisotopic (exact) mass is 126 g/mol. The lowest BCUT2D eigenvalue weighted by Gasteiger charge is -1.97. The first-order chi connectivity index (χ1) is 4.50. The second-order valence-electron chi connectivity index (χ2n) is 1.72. The van der Waals surface area contributed by atoms with Crippen molar-refractivity contribution in [1.82, 2.24) is 0 Å². The summed E-state index contributed by atoms with van der Waals surface area (Å²) in [6.45, 7) is 1.68. The zero-order valence-electron chi connectivity index (χ0n) is 5.25. The second-order valence-corrected chi connectivity index (χ2v) is 1.72. The number of ether oxygens (including phenoxy) is 2. The van der Waals surface area contributed by atoms with E-state index < -0.39 is 0 Å². The first kappa shape index (κ1) is 6.52. The lowest BCUT2D eigenvalue weighted by Crippen LogP contribution is -1.98. The molecule has 0 aromatic rings. The molecule has 0 spiro atoms. The van der Waals surface area contributed by atoms with Gasteiger partial charge in [-0.3, -0.25) is 0 Å². The van der Waals surface area contributed by atoms with E-state index in [1.165, 1.54) is 0 Å². The summed E-state index contributed by atoms with van der Waals surface area (Å²) in [6.07, 6.45) is 7.81. The van der Waals surface area contributed by atoms with E-state index in [-0.39, 0.29) is 0 Å². The molecule has 1 aliphatic rings. The number of hydrogen-bond acceptors (Lipinski definition) is 2. The van der Waals surface area contributed by atoms with Crippen LogP contribution in [0.3, 0.4) is 0 Å². The van der Waals surface area contributed by atoms with Crippen molar-refractivity contribution in [2.24, 2.45) is 0 Å². The third-order valence-electron chi connectivity index (χ3n) is 0.978. The van der Waals surface area contributed by atoms with Crippen molar-refractivity contribution >= 4 is 0 Å². The Morgan fingerprint density at radius 1 is 0.889 bits per heavy atom. The van der Waals surface area contributed by atoms with Gasteiger partial charge in [-0.15, -0.1) is 0 Å². The molecular weight excluding hydrogens is 116 g/mol. The lowest BCUT2D eigenvalue weighted by atomic mass is 10.4. The predicted octanol–water partition coefficient (Wildman–Crippen LogP) is 1.10. The van der Waals surface area contributed by atoms with Crippen molar-refractivity contribution < 1.29 is 9.47 Å². The van der Waals surface area contributed by atoms with Gasteiger partial charge < -0.3 is 9.47 Å². The van der Waals surface area contributed by atoms with Gasteiger partial charge in [-0.1, -0.05) is 24.3 Å².